The summed E-state index contributed by atoms with van der Waals surface area (Å²) in [5.74, 6) is 0.285. The lowest BCUT2D eigenvalue weighted by molar-refractivity contribution is -0.170. The second-order valence-corrected chi connectivity index (χ2v) is 7.07. The van der Waals surface area contributed by atoms with Crippen molar-refractivity contribution in [3.8, 4) is 11.1 Å². The van der Waals surface area contributed by atoms with Gasteiger partial charge in [-0.25, -0.2) is 5.06 Å². The molecule has 3 heteroatoms. The van der Waals surface area contributed by atoms with E-state index in [1.54, 1.807) is 7.05 Å². The third kappa shape index (κ3) is 4.49. The van der Waals surface area contributed by atoms with Crippen molar-refractivity contribution < 1.29 is 9.63 Å². The van der Waals surface area contributed by atoms with E-state index in [2.05, 4.69) is 57.2 Å². The largest absolute Gasteiger partial charge is 0.275 e. The van der Waals surface area contributed by atoms with E-state index < -0.39 is 0 Å². The predicted molar refractivity (Wildman–Crippen MR) is 103 cm³/mol. The van der Waals surface area contributed by atoms with Crippen molar-refractivity contribution in [3.63, 3.8) is 0 Å². The summed E-state index contributed by atoms with van der Waals surface area (Å²) in [5, 5.41) is 1.30. The molecule has 0 unspecified atom stereocenters. The first kappa shape index (κ1) is 19.2. The number of hydrogen-bond donors (Lipinski definition) is 0. The number of nitrogens with zero attached hydrogens (tertiary/aromatic N) is 1. The van der Waals surface area contributed by atoms with Gasteiger partial charge in [0.2, 0.25) is 0 Å². The second-order valence-electron chi connectivity index (χ2n) is 7.07. The summed E-state index contributed by atoms with van der Waals surface area (Å²) in [4.78, 5) is 17.6. The highest BCUT2D eigenvalue weighted by Crippen LogP contribution is 2.32. The Morgan fingerprint density at radius 1 is 1.12 bits per heavy atom. The van der Waals surface area contributed by atoms with E-state index >= 15 is 0 Å². The fraction of sp³-hybridized carbons (Fsp3) is 0.409. The lowest BCUT2D eigenvalue weighted by atomic mass is 9.86. The lowest BCUT2D eigenvalue weighted by Crippen LogP contribution is -2.30. The first-order chi connectivity index (χ1) is 11.8. The Morgan fingerprint density at radius 2 is 1.76 bits per heavy atom. The van der Waals surface area contributed by atoms with Crippen LogP contribution in [-0.2, 0) is 16.1 Å². The third-order valence-electron chi connectivity index (χ3n) is 4.63. The van der Waals surface area contributed by atoms with Crippen LogP contribution in [0.15, 0.2) is 42.5 Å². The van der Waals surface area contributed by atoms with Crippen LogP contribution in [0.5, 0.6) is 0 Å². The van der Waals surface area contributed by atoms with Crippen LogP contribution in [0.25, 0.3) is 11.1 Å². The van der Waals surface area contributed by atoms with Gasteiger partial charge in [0, 0.05) is 7.05 Å². The minimum atomic E-state index is -0.250. The Balaban J connectivity index is 2.54. The van der Waals surface area contributed by atoms with E-state index in [0.717, 1.165) is 17.5 Å². The Bertz CT molecular complexity index is 722. The molecule has 2 rings (SSSR count). The molecule has 0 spiro atoms. The molecule has 0 aliphatic carbocycles. The molecule has 0 bridgehead atoms. The van der Waals surface area contributed by atoms with Crippen LogP contribution in [0.2, 0.25) is 0 Å². The first-order valence-electron chi connectivity index (χ1n) is 8.85. The highest BCUT2D eigenvalue weighted by molar-refractivity contribution is 5.83. The van der Waals surface area contributed by atoms with E-state index in [1.165, 1.54) is 28.9 Å². The molecule has 1 atom stereocenters. The molecule has 2 aromatic rings. The topological polar surface area (TPSA) is 29.5 Å². The zero-order valence-corrected chi connectivity index (χ0v) is 16.2. The standard InChI is InChI=1S/C22H29NO2/c1-15(2)12-19-13-16(3)20(17(4)22(24)23(5)25-6)14-21(19)18-10-8-7-9-11-18/h7-11,13-15,17H,12H2,1-6H3/t17-/m0/s1. The number of aryl methyl sites for hydroxylation is 1. The molecular weight excluding hydrogens is 310 g/mol. The molecule has 25 heavy (non-hydrogen) atoms. The van der Waals surface area contributed by atoms with Gasteiger partial charge in [0.25, 0.3) is 5.91 Å². The van der Waals surface area contributed by atoms with Crippen molar-refractivity contribution in [2.75, 3.05) is 14.2 Å². The molecule has 0 saturated heterocycles. The summed E-state index contributed by atoms with van der Waals surface area (Å²) in [6, 6.07) is 14.8. The quantitative estimate of drug-likeness (QED) is 0.694. The van der Waals surface area contributed by atoms with Crippen LogP contribution in [0, 0.1) is 12.8 Å². The van der Waals surface area contributed by atoms with Gasteiger partial charge in [0.1, 0.15) is 0 Å². The molecule has 0 fully saturated rings. The highest BCUT2D eigenvalue weighted by atomic mass is 16.7. The minimum Gasteiger partial charge on any atom is -0.275 e. The average molecular weight is 339 g/mol. The summed E-state index contributed by atoms with van der Waals surface area (Å²) < 4.78 is 0. The van der Waals surface area contributed by atoms with Gasteiger partial charge < -0.3 is 0 Å². The van der Waals surface area contributed by atoms with Crippen LogP contribution in [0.4, 0.5) is 0 Å². The molecule has 3 nitrogen and oxygen atoms in total. The van der Waals surface area contributed by atoms with Crippen LogP contribution in [0.3, 0.4) is 0 Å². The first-order valence-corrected chi connectivity index (χ1v) is 8.85. The average Bonchev–Trinajstić information content (AvgIpc) is 2.60. The molecule has 0 radical (unpaired) electrons. The summed E-state index contributed by atoms with van der Waals surface area (Å²) in [6.07, 6.45) is 1.02. The molecule has 0 aromatic heterocycles. The molecule has 0 N–H and O–H groups in total. The zero-order chi connectivity index (χ0) is 18.6. The number of hydroxylamine groups is 2. The van der Waals surface area contributed by atoms with Crippen molar-refractivity contribution in [3.05, 3.63) is 59.2 Å². The van der Waals surface area contributed by atoms with Gasteiger partial charge in [-0.1, -0.05) is 50.2 Å². The van der Waals surface area contributed by atoms with Gasteiger partial charge in [-0.3, -0.25) is 9.63 Å². The lowest BCUT2D eigenvalue weighted by Gasteiger charge is -2.23. The van der Waals surface area contributed by atoms with Crippen molar-refractivity contribution in [1.82, 2.24) is 5.06 Å². The van der Waals surface area contributed by atoms with Crippen molar-refractivity contribution >= 4 is 5.91 Å². The summed E-state index contributed by atoms with van der Waals surface area (Å²) >= 11 is 0. The highest BCUT2D eigenvalue weighted by Gasteiger charge is 2.22. The Labute approximate surface area is 151 Å². The SMILES string of the molecule is CON(C)C(=O)[C@@H](C)c1cc(-c2ccccc2)c(CC(C)C)cc1C. The molecule has 1 amide bonds. The molecule has 0 aliphatic heterocycles. The van der Waals surface area contributed by atoms with Crippen molar-refractivity contribution in [2.45, 2.75) is 40.0 Å². The summed E-state index contributed by atoms with van der Waals surface area (Å²) in [5.41, 5.74) is 5.96. The third-order valence-corrected chi connectivity index (χ3v) is 4.63. The normalized spacial score (nSPS) is 12.3. The molecule has 0 heterocycles. The van der Waals surface area contributed by atoms with Gasteiger partial charge in [-0.15, -0.1) is 0 Å². The predicted octanol–water partition coefficient (Wildman–Crippen LogP) is 4.98. The molecule has 134 valence electrons. The number of likely N-dealkylation sites (N-methyl/N-ethyl adjacent to an activating group) is 1. The van der Waals surface area contributed by atoms with Gasteiger partial charge in [0.15, 0.2) is 0 Å². The zero-order valence-electron chi connectivity index (χ0n) is 16.2. The van der Waals surface area contributed by atoms with Crippen LogP contribution in [-0.4, -0.2) is 25.1 Å². The number of rotatable bonds is 6. The fourth-order valence-corrected chi connectivity index (χ4v) is 3.24. The number of hydrogen-bond acceptors (Lipinski definition) is 2. The van der Waals surface area contributed by atoms with Crippen LogP contribution in [0.1, 0.15) is 43.4 Å². The maximum atomic E-state index is 12.5. The number of benzene rings is 2. The maximum absolute atomic E-state index is 12.5. The number of carbonyl (C=O) groups is 1. The maximum Gasteiger partial charge on any atom is 0.253 e. The van der Waals surface area contributed by atoms with Crippen molar-refractivity contribution in [1.29, 1.82) is 0 Å². The van der Waals surface area contributed by atoms with E-state index in [-0.39, 0.29) is 11.8 Å². The van der Waals surface area contributed by atoms with E-state index in [1.807, 2.05) is 13.0 Å². The summed E-state index contributed by atoms with van der Waals surface area (Å²) in [7, 11) is 3.16. The molecule has 0 saturated carbocycles. The van der Waals surface area contributed by atoms with Crippen LogP contribution >= 0.6 is 0 Å². The number of amides is 1. The van der Waals surface area contributed by atoms with Gasteiger partial charge in [-0.2, -0.15) is 0 Å². The van der Waals surface area contributed by atoms with Crippen molar-refractivity contribution in [2.24, 2.45) is 5.92 Å². The Kier molecular flexibility index (Phi) is 6.38. The van der Waals surface area contributed by atoms with Gasteiger partial charge in [-0.05, 0) is 60.1 Å². The minimum absolute atomic E-state index is 0.0405. The molecule has 0 aliphatic rings. The summed E-state index contributed by atoms with van der Waals surface area (Å²) in [6.45, 7) is 8.50. The second kappa shape index (κ2) is 8.30. The Morgan fingerprint density at radius 3 is 2.32 bits per heavy atom. The molecular formula is C22H29NO2. The monoisotopic (exact) mass is 339 g/mol. The Hall–Kier alpha value is -2.13. The van der Waals surface area contributed by atoms with Gasteiger partial charge >= 0.3 is 0 Å². The number of carbonyl (C=O) groups excluding carboxylic acids is 1. The fourth-order valence-electron chi connectivity index (χ4n) is 3.24. The van der Waals surface area contributed by atoms with E-state index in [4.69, 9.17) is 4.84 Å². The van der Waals surface area contributed by atoms with Crippen LogP contribution < -0.4 is 0 Å². The molecule has 2 aromatic carbocycles. The van der Waals surface area contributed by atoms with E-state index in [0.29, 0.717) is 5.92 Å². The van der Waals surface area contributed by atoms with Gasteiger partial charge in [0.05, 0.1) is 13.0 Å². The van der Waals surface area contributed by atoms with E-state index in [9.17, 15) is 4.79 Å². The smallest absolute Gasteiger partial charge is 0.253 e.